The van der Waals surface area contributed by atoms with Gasteiger partial charge in [0.1, 0.15) is 54.9 Å². The Bertz CT molecular complexity index is 557. The van der Waals surface area contributed by atoms with Crippen molar-refractivity contribution in [1.82, 2.24) is 0 Å². The smallest absolute Gasteiger partial charge is 0.320 e. The number of aliphatic carboxylic acids is 1. The highest BCUT2D eigenvalue weighted by Crippen LogP contribution is 2.28. The predicted molar refractivity (Wildman–Crippen MR) is 107 cm³/mol. The van der Waals surface area contributed by atoms with Crippen LogP contribution in [0.2, 0.25) is 0 Å². The Morgan fingerprint density at radius 2 is 1.53 bits per heavy atom. The zero-order chi connectivity index (χ0) is 24.6. The van der Waals surface area contributed by atoms with Gasteiger partial charge in [0.25, 0.3) is 0 Å². The molecule has 2 aliphatic heterocycles. The van der Waals surface area contributed by atoms with Crippen molar-refractivity contribution in [1.29, 1.82) is 0 Å². The summed E-state index contributed by atoms with van der Waals surface area (Å²) in [6.45, 7) is -1.35. The quantitative estimate of drug-likeness (QED) is 0.152. The first-order valence-electron chi connectivity index (χ1n) is 9.73. The molecule has 2 fully saturated rings. The van der Waals surface area contributed by atoms with Crippen LogP contribution in [0, 0.1) is 0 Å². The lowest BCUT2D eigenvalue weighted by atomic mass is 9.97. The zero-order valence-electron chi connectivity index (χ0n) is 17.3. The topological polar surface area (TPSA) is 253 Å². The van der Waals surface area contributed by atoms with Crippen molar-refractivity contribution in [3.8, 4) is 0 Å². The van der Waals surface area contributed by atoms with Gasteiger partial charge in [0.05, 0.1) is 13.2 Å². The van der Waals surface area contributed by atoms with Gasteiger partial charge in [0.15, 0.2) is 12.6 Å². The van der Waals surface area contributed by atoms with Crippen molar-refractivity contribution in [3.63, 3.8) is 0 Å². The molecule has 2 saturated heterocycles. The number of nitrogens with two attached hydrogens (primary N) is 1. The second kappa shape index (κ2) is 13.9. The van der Waals surface area contributed by atoms with E-state index in [1.807, 2.05) is 6.26 Å². The number of aliphatic hydroxyl groups is 8. The highest BCUT2D eigenvalue weighted by Gasteiger charge is 2.50. The van der Waals surface area contributed by atoms with Gasteiger partial charge in [-0.15, -0.1) is 0 Å². The third kappa shape index (κ3) is 7.69. The van der Waals surface area contributed by atoms with Crippen LogP contribution in [0.1, 0.15) is 6.42 Å². The summed E-state index contributed by atoms with van der Waals surface area (Å²) in [6, 6.07) is -0.683. The second-order valence-corrected chi connectivity index (χ2v) is 8.24. The van der Waals surface area contributed by atoms with Crippen molar-refractivity contribution in [3.05, 3.63) is 0 Å². The number of carbonyl (C=O) groups is 1. The number of thioether (sulfide) groups is 1. The lowest BCUT2D eigenvalue weighted by Crippen LogP contribution is -2.64. The van der Waals surface area contributed by atoms with Crippen molar-refractivity contribution in [2.24, 2.45) is 5.73 Å². The monoisotopic (exact) mass is 491 g/mol. The standard InChI is InChI=1S/C12H22O11.C5H11NO2S/c13-1-3-5(15)6(16)9(19)12(22-3)23-10-4(2-14)21-11(20)8(18)7(10)17;1-9-3-2-4(6)5(7)8/h3-20H,1-2H2;4H,2-3,6H2,1H3,(H,7,8)/t3-,4-,5+,6+,7-,8-,9-,10-,11?,12+;4-/m10/s1. The van der Waals surface area contributed by atoms with E-state index in [-0.39, 0.29) is 0 Å². The van der Waals surface area contributed by atoms with Crippen LogP contribution in [0.4, 0.5) is 0 Å². The van der Waals surface area contributed by atoms with Crippen LogP contribution in [-0.2, 0) is 19.0 Å². The lowest BCUT2D eigenvalue weighted by molar-refractivity contribution is -0.355. The maximum absolute atomic E-state index is 10.1. The summed E-state index contributed by atoms with van der Waals surface area (Å²) in [5.41, 5.74) is 5.19. The molecule has 0 aromatic rings. The summed E-state index contributed by atoms with van der Waals surface area (Å²) in [6.07, 6.45) is -13.1. The minimum Gasteiger partial charge on any atom is -0.480 e. The van der Waals surface area contributed by atoms with Crippen LogP contribution in [-0.4, -0.2) is 145 Å². The first-order chi connectivity index (χ1) is 15.0. The van der Waals surface area contributed by atoms with E-state index in [4.69, 9.17) is 30.2 Å². The van der Waals surface area contributed by atoms with E-state index in [1.54, 1.807) is 11.8 Å². The van der Waals surface area contributed by atoms with E-state index < -0.39 is 86.6 Å². The lowest BCUT2D eigenvalue weighted by Gasteiger charge is -2.45. The van der Waals surface area contributed by atoms with Crippen LogP contribution < -0.4 is 5.73 Å². The third-order valence-corrected chi connectivity index (χ3v) is 5.57. The molecule has 32 heavy (non-hydrogen) atoms. The first-order valence-corrected chi connectivity index (χ1v) is 11.1. The maximum atomic E-state index is 10.1. The normalized spacial score (nSPS) is 40.8. The predicted octanol–water partition coefficient (Wildman–Crippen LogP) is -5.25. The third-order valence-electron chi connectivity index (χ3n) is 4.93. The molecule has 0 saturated carbocycles. The van der Waals surface area contributed by atoms with Gasteiger partial charge in [-0.1, -0.05) is 0 Å². The summed E-state index contributed by atoms with van der Waals surface area (Å²) in [5, 5.41) is 84.8. The number of ether oxygens (including phenoxy) is 3. The zero-order valence-corrected chi connectivity index (χ0v) is 18.1. The SMILES string of the molecule is CSCC[C@H](N)C(=O)O.OC[C@H]1O[C@@H](O[C@H]2[C@H](O)[C@@H](O)C(O)O[C@@H]2CO)[C@H](O)[C@@H](O)[C@H]1O. The van der Waals surface area contributed by atoms with Gasteiger partial charge in [0.2, 0.25) is 0 Å². The molecule has 1 unspecified atom stereocenters. The van der Waals surface area contributed by atoms with E-state index in [0.29, 0.717) is 6.42 Å². The molecule has 2 rings (SSSR count). The Hall–Kier alpha value is -0.660. The van der Waals surface area contributed by atoms with Gasteiger partial charge >= 0.3 is 5.97 Å². The fourth-order valence-electron chi connectivity index (χ4n) is 2.94. The van der Waals surface area contributed by atoms with Gasteiger partial charge in [-0.3, -0.25) is 4.79 Å². The van der Waals surface area contributed by atoms with Crippen LogP contribution in [0.5, 0.6) is 0 Å². The number of hydrogen-bond donors (Lipinski definition) is 10. The number of hydrogen-bond acceptors (Lipinski definition) is 14. The molecule has 0 bridgehead atoms. The van der Waals surface area contributed by atoms with Gasteiger partial charge < -0.3 is 65.9 Å². The molecule has 190 valence electrons. The summed E-state index contributed by atoms with van der Waals surface area (Å²) >= 11 is 1.60. The van der Waals surface area contributed by atoms with Crippen molar-refractivity contribution in [2.75, 3.05) is 25.2 Å². The van der Waals surface area contributed by atoms with E-state index in [1.165, 1.54) is 0 Å². The summed E-state index contributed by atoms with van der Waals surface area (Å²) in [5.74, 6) is -0.1000. The van der Waals surface area contributed by atoms with E-state index in [2.05, 4.69) is 0 Å². The molecular formula is C17H33NO13S. The van der Waals surface area contributed by atoms with E-state index in [9.17, 15) is 40.5 Å². The van der Waals surface area contributed by atoms with Crippen LogP contribution in [0.15, 0.2) is 0 Å². The molecule has 2 heterocycles. The van der Waals surface area contributed by atoms with Crippen molar-refractivity contribution < 1.29 is 65.0 Å². The molecule has 11 atom stereocenters. The highest BCUT2D eigenvalue weighted by molar-refractivity contribution is 7.98. The molecule has 0 aliphatic carbocycles. The Morgan fingerprint density at radius 3 is 2.03 bits per heavy atom. The van der Waals surface area contributed by atoms with Crippen LogP contribution in [0.25, 0.3) is 0 Å². The van der Waals surface area contributed by atoms with E-state index >= 15 is 0 Å². The van der Waals surface area contributed by atoms with Gasteiger partial charge in [0, 0.05) is 0 Å². The van der Waals surface area contributed by atoms with Crippen LogP contribution >= 0.6 is 11.8 Å². The van der Waals surface area contributed by atoms with Gasteiger partial charge in [-0.05, 0) is 18.4 Å². The number of rotatable bonds is 8. The number of carboxylic acids is 1. The van der Waals surface area contributed by atoms with Crippen molar-refractivity contribution >= 4 is 17.7 Å². The average molecular weight is 492 g/mol. The Labute approximate surface area is 188 Å². The molecule has 15 heteroatoms. The van der Waals surface area contributed by atoms with E-state index in [0.717, 1.165) is 5.75 Å². The second-order valence-electron chi connectivity index (χ2n) is 7.25. The molecule has 0 amide bonds. The summed E-state index contributed by atoms with van der Waals surface area (Å²) < 4.78 is 15.3. The highest BCUT2D eigenvalue weighted by atomic mass is 32.2. The van der Waals surface area contributed by atoms with Gasteiger partial charge in [-0.2, -0.15) is 11.8 Å². The minimum atomic E-state index is -1.74. The summed E-state index contributed by atoms with van der Waals surface area (Å²) in [4.78, 5) is 10.1. The molecule has 2 aliphatic rings. The minimum absolute atomic E-state index is 0.552. The fourth-order valence-corrected chi connectivity index (χ4v) is 3.43. The first kappa shape index (κ1) is 29.4. The molecule has 14 nitrogen and oxygen atoms in total. The molecule has 0 aromatic heterocycles. The largest absolute Gasteiger partial charge is 0.480 e. The van der Waals surface area contributed by atoms with Crippen molar-refractivity contribution in [2.45, 2.75) is 73.9 Å². The molecule has 0 spiro atoms. The number of carboxylic acid groups (broad SMARTS) is 1. The average Bonchev–Trinajstić information content (AvgIpc) is 2.77. The van der Waals surface area contributed by atoms with Gasteiger partial charge in [-0.25, -0.2) is 0 Å². The summed E-state index contributed by atoms with van der Waals surface area (Å²) in [7, 11) is 0. The Morgan fingerprint density at radius 1 is 0.938 bits per heavy atom. The Balaban J connectivity index is 0.000000482. The molecule has 0 radical (unpaired) electrons. The Kier molecular flexibility index (Phi) is 12.8. The molecule has 11 N–H and O–H groups in total. The maximum Gasteiger partial charge on any atom is 0.320 e. The van der Waals surface area contributed by atoms with Crippen LogP contribution in [0.3, 0.4) is 0 Å². The number of aliphatic hydroxyl groups excluding tert-OH is 8. The fraction of sp³-hybridized carbons (Fsp3) is 0.941. The molecular weight excluding hydrogens is 458 g/mol. The molecule has 0 aromatic carbocycles.